The maximum absolute atomic E-state index is 13.3. The first kappa shape index (κ1) is 11.1. The minimum absolute atomic E-state index is 0.0722. The van der Waals surface area contributed by atoms with Crippen molar-refractivity contribution in [3.63, 3.8) is 0 Å². The van der Waals surface area contributed by atoms with Gasteiger partial charge in [-0.05, 0) is 18.6 Å². The third-order valence-electron chi connectivity index (χ3n) is 2.52. The van der Waals surface area contributed by atoms with Crippen LogP contribution in [0.5, 0.6) is 0 Å². The summed E-state index contributed by atoms with van der Waals surface area (Å²) in [5.41, 5.74) is 5.92. The van der Waals surface area contributed by atoms with E-state index in [1.807, 2.05) is 6.92 Å². The molecule has 0 bridgehead atoms. The number of furan rings is 1. The van der Waals surface area contributed by atoms with Gasteiger partial charge < -0.3 is 10.2 Å². The van der Waals surface area contributed by atoms with Crippen molar-refractivity contribution in [2.24, 2.45) is 5.73 Å². The molecular weight excluding hydrogens is 212 g/mol. The Labute approximate surface area is 92.0 Å². The molecule has 1 aromatic carbocycles. The zero-order valence-electron chi connectivity index (χ0n) is 8.97. The number of fused-ring (bicyclic) bond motifs is 1. The molecular formula is C12H13F2NO. The quantitative estimate of drug-likeness (QED) is 0.868. The maximum atomic E-state index is 13.3. The molecule has 0 amide bonds. The Balaban J connectivity index is 2.47. The largest absolute Gasteiger partial charge is 0.456 e. The molecule has 2 nitrogen and oxygen atoms in total. The lowest BCUT2D eigenvalue weighted by Crippen LogP contribution is -2.08. The van der Waals surface area contributed by atoms with E-state index in [9.17, 15) is 8.78 Å². The van der Waals surface area contributed by atoms with Gasteiger partial charge in [-0.2, -0.15) is 0 Å². The van der Waals surface area contributed by atoms with Crippen LogP contribution in [-0.4, -0.2) is 0 Å². The minimum Gasteiger partial charge on any atom is -0.456 e. The second-order valence-electron chi connectivity index (χ2n) is 3.85. The lowest BCUT2D eigenvalue weighted by atomic mass is 10.1. The zero-order chi connectivity index (χ0) is 11.7. The lowest BCUT2D eigenvalue weighted by molar-refractivity contribution is 0.461. The summed E-state index contributed by atoms with van der Waals surface area (Å²) in [6.45, 7) is 2.00. The smallest absolute Gasteiger partial charge is 0.170 e. The van der Waals surface area contributed by atoms with Crippen molar-refractivity contribution in [1.82, 2.24) is 0 Å². The van der Waals surface area contributed by atoms with Crippen LogP contribution in [0.15, 0.2) is 22.6 Å². The van der Waals surface area contributed by atoms with E-state index in [-0.39, 0.29) is 11.6 Å². The Morgan fingerprint density at radius 2 is 2.06 bits per heavy atom. The minimum atomic E-state index is -0.690. The average Bonchev–Trinajstić information content (AvgIpc) is 2.62. The van der Waals surface area contributed by atoms with Gasteiger partial charge in [-0.1, -0.05) is 13.3 Å². The summed E-state index contributed by atoms with van der Waals surface area (Å²) in [5, 5.41) is 0.416. The van der Waals surface area contributed by atoms with Crippen molar-refractivity contribution in [2.45, 2.75) is 25.8 Å². The van der Waals surface area contributed by atoms with Gasteiger partial charge in [0.15, 0.2) is 11.4 Å². The lowest BCUT2D eigenvalue weighted by Gasteiger charge is -2.04. The van der Waals surface area contributed by atoms with Crippen molar-refractivity contribution >= 4 is 11.0 Å². The Kier molecular flexibility index (Phi) is 2.92. The first-order chi connectivity index (χ1) is 7.61. The molecule has 16 heavy (non-hydrogen) atoms. The van der Waals surface area contributed by atoms with Crippen LogP contribution < -0.4 is 5.73 Å². The van der Waals surface area contributed by atoms with Gasteiger partial charge in [0, 0.05) is 11.5 Å². The van der Waals surface area contributed by atoms with E-state index < -0.39 is 11.6 Å². The second-order valence-corrected chi connectivity index (χ2v) is 3.85. The Hall–Kier alpha value is -1.42. The Morgan fingerprint density at radius 3 is 2.75 bits per heavy atom. The molecule has 2 aromatic rings. The van der Waals surface area contributed by atoms with Crippen molar-refractivity contribution in [3.05, 3.63) is 35.6 Å². The van der Waals surface area contributed by atoms with E-state index in [1.54, 1.807) is 6.07 Å². The fourth-order valence-electron chi connectivity index (χ4n) is 1.73. The predicted octanol–water partition coefficient (Wildman–Crippen LogP) is 3.51. The van der Waals surface area contributed by atoms with E-state index in [0.29, 0.717) is 11.1 Å². The van der Waals surface area contributed by atoms with E-state index in [1.165, 1.54) is 6.07 Å². The average molecular weight is 225 g/mol. The van der Waals surface area contributed by atoms with Crippen molar-refractivity contribution < 1.29 is 13.2 Å². The first-order valence-corrected chi connectivity index (χ1v) is 5.26. The van der Waals surface area contributed by atoms with E-state index >= 15 is 0 Å². The highest BCUT2D eigenvalue weighted by atomic mass is 19.1. The molecule has 0 aliphatic rings. The highest BCUT2D eigenvalue weighted by molar-refractivity contribution is 5.78. The molecule has 86 valence electrons. The molecule has 0 aliphatic heterocycles. The van der Waals surface area contributed by atoms with Crippen molar-refractivity contribution in [3.8, 4) is 0 Å². The number of halogens is 2. The van der Waals surface area contributed by atoms with Crippen LogP contribution in [0.3, 0.4) is 0 Å². The molecule has 2 rings (SSSR count). The molecule has 0 radical (unpaired) electrons. The summed E-state index contributed by atoms with van der Waals surface area (Å²) in [7, 11) is 0. The highest BCUT2D eigenvalue weighted by Crippen LogP contribution is 2.27. The van der Waals surface area contributed by atoms with Crippen LogP contribution in [0.25, 0.3) is 11.0 Å². The molecule has 0 fully saturated rings. The summed E-state index contributed by atoms with van der Waals surface area (Å²) in [6, 6.07) is 3.38. The molecule has 0 unspecified atom stereocenters. The van der Waals surface area contributed by atoms with E-state index in [4.69, 9.17) is 10.2 Å². The van der Waals surface area contributed by atoms with E-state index in [2.05, 4.69) is 0 Å². The van der Waals surface area contributed by atoms with Crippen LogP contribution in [0.1, 0.15) is 31.6 Å². The van der Waals surface area contributed by atoms with Gasteiger partial charge in [-0.25, -0.2) is 8.78 Å². The summed E-state index contributed by atoms with van der Waals surface area (Å²) in [6.07, 6.45) is 1.67. The topological polar surface area (TPSA) is 39.2 Å². The van der Waals surface area contributed by atoms with Gasteiger partial charge in [0.05, 0.1) is 6.04 Å². The third-order valence-corrected chi connectivity index (χ3v) is 2.52. The molecule has 0 saturated carbocycles. The predicted molar refractivity (Wildman–Crippen MR) is 58.0 cm³/mol. The van der Waals surface area contributed by atoms with Crippen molar-refractivity contribution in [1.29, 1.82) is 0 Å². The number of benzene rings is 1. The number of nitrogens with two attached hydrogens (primary N) is 1. The van der Waals surface area contributed by atoms with Gasteiger partial charge in [-0.3, -0.25) is 0 Å². The molecule has 1 atom stereocenters. The van der Waals surface area contributed by atoms with Crippen LogP contribution in [0.4, 0.5) is 8.78 Å². The second kappa shape index (κ2) is 4.22. The summed E-state index contributed by atoms with van der Waals surface area (Å²) >= 11 is 0. The molecule has 0 spiro atoms. The van der Waals surface area contributed by atoms with Gasteiger partial charge in [-0.15, -0.1) is 0 Å². The number of hydrogen-bond donors (Lipinski definition) is 1. The molecule has 4 heteroatoms. The van der Waals surface area contributed by atoms with Crippen LogP contribution in [0.2, 0.25) is 0 Å². The molecule has 2 N–H and O–H groups in total. The van der Waals surface area contributed by atoms with Crippen LogP contribution in [-0.2, 0) is 0 Å². The zero-order valence-corrected chi connectivity index (χ0v) is 8.97. The molecule has 1 aromatic heterocycles. The summed E-state index contributed by atoms with van der Waals surface area (Å²) < 4.78 is 31.6. The van der Waals surface area contributed by atoms with Gasteiger partial charge in [0.1, 0.15) is 11.6 Å². The van der Waals surface area contributed by atoms with Crippen molar-refractivity contribution in [2.75, 3.05) is 0 Å². The van der Waals surface area contributed by atoms with E-state index in [0.717, 1.165) is 18.9 Å². The first-order valence-electron chi connectivity index (χ1n) is 5.26. The fraction of sp³-hybridized carbons (Fsp3) is 0.333. The Bertz CT molecular complexity index is 507. The number of rotatable bonds is 3. The molecule has 1 heterocycles. The third kappa shape index (κ3) is 1.93. The fourth-order valence-corrected chi connectivity index (χ4v) is 1.73. The van der Waals surface area contributed by atoms with Gasteiger partial charge in [0.25, 0.3) is 0 Å². The molecule has 0 saturated heterocycles. The SMILES string of the molecule is CCC[C@H](N)c1cc2cc(F)cc(F)c2o1. The van der Waals surface area contributed by atoms with Crippen LogP contribution >= 0.6 is 0 Å². The Morgan fingerprint density at radius 1 is 1.31 bits per heavy atom. The standard InChI is InChI=1S/C12H13F2NO/c1-2-3-10(15)11-5-7-4-8(13)6-9(14)12(7)16-11/h4-6,10H,2-3,15H2,1H3/t10-/m0/s1. The maximum Gasteiger partial charge on any atom is 0.170 e. The summed E-state index contributed by atoms with van der Waals surface area (Å²) in [4.78, 5) is 0. The van der Waals surface area contributed by atoms with Crippen LogP contribution in [0, 0.1) is 11.6 Å². The monoisotopic (exact) mass is 225 g/mol. The molecule has 0 aliphatic carbocycles. The highest BCUT2D eigenvalue weighted by Gasteiger charge is 2.14. The number of hydrogen-bond acceptors (Lipinski definition) is 2. The normalized spacial score (nSPS) is 13.2. The summed E-state index contributed by atoms with van der Waals surface area (Å²) in [5.74, 6) is -0.798. The van der Waals surface area contributed by atoms with Gasteiger partial charge in [0.2, 0.25) is 0 Å². The van der Waals surface area contributed by atoms with Gasteiger partial charge >= 0.3 is 0 Å².